The fraction of sp³-hybridized carbons (Fsp3) is 0.269. The largest absolute Gasteiger partial charge is 0.417 e. The van der Waals surface area contributed by atoms with Crippen molar-refractivity contribution in [1.82, 2.24) is 15.0 Å². The molecule has 37 heavy (non-hydrogen) atoms. The molecule has 1 fully saturated rings. The predicted molar refractivity (Wildman–Crippen MR) is 137 cm³/mol. The molecular weight excluding hydrogens is 485 g/mol. The Morgan fingerprint density at radius 3 is 2.65 bits per heavy atom. The molecule has 0 bridgehead atoms. The summed E-state index contributed by atoms with van der Waals surface area (Å²) in [6, 6.07) is 11.5. The number of aromatic nitrogens is 3. The number of pyridine rings is 3. The molecule has 1 aliphatic heterocycles. The van der Waals surface area contributed by atoms with Crippen molar-refractivity contribution in [1.29, 1.82) is 0 Å². The molecule has 11 heteroatoms. The average Bonchev–Trinajstić information content (AvgIpc) is 2.84. The Labute approximate surface area is 210 Å². The van der Waals surface area contributed by atoms with Crippen molar-refractivity contribution in [3.05, 3.63) is 76.3 Å². The van der Waals surface area contributed by atoms with Crippen molar-refractivity contribution in [3.8, 4) is 0 Å². The predicted octanol–water partition coefficient (Wildman–Crippen LogP) is 5.36. The van der Waals surface area contributed by atoms with Crippen LogP contribution in [0, 0.1) is 6.92 Å². The number of hydrogen-bond acceptors (Lipinski definition) is 7. The molecule has 4 heterocycles. The molecule has 0 spiro atoms. The number of ether oxygens (including phenoxy) is 1. The number of aromatic amines is 1. The summed E-state index contributed by atoms with van der Waals surface area (Å²) in [6.07, 6.45) is -2.04. The maximum absolute atomic E-state index is 12.9. The Morgan fingerprint density at radius 1 is 1.11 bits per heavy atom. The van der Waals surface area contributed by atoms with E-state index >= 15 is 0 Å². The first kappa shape index (κ1) is 24.6. The average molecular weight is 511 g/mol. The summed E-state index contributed by atoms with van der Waals surface area (Å²) in [4.78, 5) is 26.0. The van der Waals surface area contributed by atoms with Crippen molar-refractivity contribution < 1.29 is 17.9 Å². The molecule has 4 aromatic rings. The normalized spacial score (nSPS) is 16.1. The Balaban J connectivity index is 1.45. The summed E-state index contributed by atoms with van der Waals surface area (Å²) in [6.45, 7) is 6.36. The molecule has 1 aromatic carbocycles. The van der Waals surface area contributed by atoms with Gasteiger partial charge in [-0.05, 0) is 67.3 Å². The lowest BCUT2D eigenvalue weighted by Gasteiger charge is -2.34. The molecular formula is C26H25F3N6O2. The van der Waals surface area contributed by atoms with Gasteiger partial charge in [0.15, 0.2) is 0 Å². The summed E-state index contributed by atoms with van der Waals surface area (Å²) in [7, 11) is 0. The first-order chi connectivity index (χ1) is 17.7. The van der Waals surface area contributed by atoms with E-state index in [1.165, 1.54) is 12.3 Å². The van der Waals surface area contributed by atoms with Gasteiger partial charge >= 0.3 is 6.18 Å². The highest BCUT2D eigenvalue weighted by molar-refractivity contribution is 5.94. The number of fused-ring (bicyclic) bond motifs is 1. The third-order valence-electron chi connectivity index (χ3n) is 6.14. The van der Waals surface area contributed by atoms with E-state index in [1.807, 2.05) is 32.0 Å². The number of nitrogens with one attached hydrogen (secondary N) is 3. The number of halogens is 3. The maximum atomic E-state index is 12.9. The second-order valence-corrected chi connectivity index (χ2v) is 8.94. The number of hydrogen-bond donors (Lipinski definition) is 3. The summed E-state index contributed by atoms with van der Waals surface area (Å²) in [5.41, 5.74) is 1.75. The summed E-state index contributed by atoms with van der Waals surface area (Å²) >= 11 is 0. The Hall–Kier alpha value is -4.12. The number of alkyl halides is 3. The van der Waals surface area contributed by atoms with Gasteiger partial charge in [0.2, 0.25) is 0 Å². The van der Waals surface area contributed by atoms with Crippen molar-refractivity contribution in [3.63, 3.8) is 0 Å². The van der Waals surface area contributed by atoms with Gasteiger partial charge in [-0.3, -0.25) is 4.79 Å². The zero-order chi connectivity index (χ0) is 26.2. The van der Waals surface area contributed by atoms with E-state index in [0.29, 0.717) is 29.0 Å². The van der Waals surface area contributed by atoms with E-state index in [2.05, 4.69) is 30.5 Å². The number of anilines is 5. The van der Waals surface area contributed by atoms with Crippen LogP contribution < -0.4 is 21.1 Å². The summed E-state index contributed by atoms with van der Waals surface area (Å²) in [5.74, 6) is 0.819. The van der Waals surface area contributed by atoms with E-state index < -0.39 is 11.7 Å². The van der Waals surface area contributed by atoms with Crippen LogP contribution in [0.15, 0.2) is 59.7 Å². The van der Waals surface area contributed by atoms with E-state index in [4.69, 9.17) is 4.74 Å². The minimum Gasteiger partial charge on any atom is -0.375 e. The zero-order valence-corrected chi connectivity index (χ0v) is 20.2. The standard InChI is InChI=1S/C26H25F3N6O2/c1-15-11-19(4-5-20(15)35-9-10-37-16(2)14-35)32-24-23-17(7-8-30-25(23)36)12-22(34-24)33-21-6-3-18(13-31-21)26(27,28)29/h3-8,11-13,16H,9-10,14H2,1-2H3,(H,30,36)(H2,31,32,33,34)/t16-/m1/s1. The number of nitrogens with zero attached hydrogens (tertiary/aromatic N) is 3. The number of H-pyrrole nitrogens is 1. The van der Waals surface area contributed by atoms with Crippen LogP contribution >= 0.6 is 0 Å². The molecule has 0 amide bonds. The van der Waals surface area contributed by atoms with Crippen LogP contribution in [0.1, 0.15) is 18.1 Å². The number of aryl methyl sites for hydroxylation is 1. The molecule has 0 radical (unpaired) electrons. The molecule has 192 valence electrons. The highest BCUT2D eigenvalue weighted by Gasteiger charge is 2.30. The van der Waals surface area contributed by atoms with Crippen LogP contribution in [0.25, 0.3) is 10.8 Å². The van der Waals surface area contributed by atoms with Crippen molar-refractivity contribution >= 4 is 39.6 Å². The minimum atomic E-state index is -4.47. The highest BCUT2D eigenvalue weighted by atomic mass is 19.4. The van der Waals surface area contributed by atoms with Gasteiger partial charge in [-0.1, -0.05) is 0 Å². The fourth-order valence-corrected chi connectivity index (χ4v) is 4.40. The quantitative estimate of drug-likeness (QED) is 0.333. The second kappa shape index (κ2) is 9.74. The fourth-order valence-electron chi connectivity index (χ4n) is 4.40. The lowest BCUT2D eigenvalue weighted by Crippen LogP contribution is -2.41. The Morgan fingerprint density at radius 2 is 1.95 bits per heavy atom. The van der Waals surface area contributed by atoms with Crippen LogP contribution in [-0.4, -0.2) is 40.8 Å². The van der Waals surface area contributed by atoms with Crippen LogP contribution in [0.2, 0.25) is 0 Å². The Bertz CT molecular complexity index is 1490. The topological polar surface area (TPSA) is 95.2 Å². The molecule has 1 atom stereocenters. The molecule has 0 saturated carbocycles. The van der Waals surface area contributed by atoms with E-state index in [9.17, 15) is 18.0 Å². The lowest BCUT2D eigenvalue weighted by molar-refractivity contribution is -0.137. The molecule has 3 aromatic heterocycles. The molecule has 1 aliphatic rings. The van der Waals surface area contributed by atoms with Gasteiger partial charge in [0.05, 0.1) is 23.7 Å². The third-order valence-corrected chi connectivity index (χ3v) is 6.14. The first-order valence-electron chi connectivity index (χ1n) is 11.7. The van der Waals surface area contributed by atoms with Crippen molar-refractivity contribution in [2.75, 3.05) is 35.2 Å². The summed E-state index contributed by atoms with van der Waals surface area (Å²) < 4.78 is 44.3. The summed E-state index contributed by atoms with van der Waals surface area (Å²) in [5, 5.41) is 7.13. The van der Waals surface area contributed by atoms with Gasteiger partial charge in [-0.15, -0.1) is 0 Å². The second-order valence-electron chi connectivity index (χ2n) is 8.94. The third kappa shape index (κ3) is 5.36. The van der Waals surface area contributed by atoms with Crippen LogP contribution in [-0.2, 0) is 10.9 Å². The van der Waals surface area contributed by atoms with Crippen LogP contribution in [0.4, 0.5) is 42.0 Å². The zero-order valence-electron chi connectivity index (χ0n) is 20.2. The van der Waals surface area contributed by atoms with E-state index in [1.54, 1.807) is 12.1 Å². The number of rotatable bonds is 5. The highest BCUT2D eigenvalue weighted by Crippen LogP contribution is 2.31. The van der Waals surface area contributed by atoms with Gasteiger partial charge < -0.3 is 25.3 Å². The van der Waals surface area contributed by atoms with E-state index in [-0.39, 0.29) is 17.5 Å². The molecule has 0 unspecified atom stereocenters. The van der Waals surface area contributed by atoms with Gasteiger partial charge in [-0.25, -0.2) is 9.97 Å². The maximum Gasteiger partial charge on any atom is 0.417 e. The minimum absolute atomic E-state index is 0.155. The number of morpholine rings is 1. The molecule has 1 saturated heterocycles. The van der Waals surface area contributed by atoms with Gasteiger partial charge in [0, 0.05) is 36.9 Å². The molecule has 5 rings (SSSR count). The molecule has 3 N–H and O–H groups in total. The van der Waals surface area contributed by atoms with Crippen molar-refractivity contribution in [2.45, 2.75) is 26.1 Å². The lowest BCUT2D eigenvalue weighted by atomic mass is 10.1. The monoisotopic (exact) mass is 510 g/mol. The van der Waals surface area contributed by atoms with Gasteiger partial charge in [0.1, 0.15) is 17.5 Å². The van der Waals surface area contributed by atoms with Crippen molar-refractivity contribution in [2.24, 2.45) is 0 Å². The van der Waals surface area contributed by atoms with Gasteiger partial charge in [-0.2, -0.15) is 13.2 Å². The SMILES string of the molecule is Cc1cc(Nc2nc(Nc3ccc(C(F)(F)F)cn3)cc3cc[nH]c(=O)c23)ccc1N1CCO[C@H](C)C1. The molecule has 8 nitrogen and oxygen atoms in total. The first-order valence-corrected chi connectivity index (χ1v) is 11.7. The Kier molecular flexibility index (Phi) is 6.46. The van der Waals surface area contributed by atoms with Crippen LogP contribution in [0.3, 0.4) is 0 Å². The number of benzene rings is 1. The van der Waals surface area contributed by atoms with Gasteiger partial charge in [0.25, 0.3) is 5.56 Å². The van der Waals surface area contributed by atoms with Crippen LogP contribution in [0.5, 0.6) is 0 Å². The smallest absolute Gasteiger partial charge is 0.375 e. The van der Waals surface area contributed by atoms with E-state index in [0.717, 1.165) is 42.3 Å². The molecule has 0 aliphatic carbocycles.